The predicted octanol–water partition coefficient (Wildman–Crippen LogP) is 2.80. The summed E-state index contributed by atoms with van der Waals surface area (Å²) in [7, 11) is 0. The maximum absolute atomic E-state index is 12.4. The van der Waals surface area contributed by atoms with Crippen molar-refractivity contribution < 1.29 is 14.3 Å². The number of amides is 2. The van der Waals surface area contributed by atoms with Crippen LogP contribution in [0.1, 0.15) is 46.6 Å². The molecule has 6 nitrogen and oxygen atoms in total. The fraction of sp³-hybridized carbons (Fsp3) is 0.556. The van der Waals surface area contributed by atoms with E-state index in [0.29, 0.717) is 0 Å². The van der Waals surface area contributed by atoms with Gasteiger partial charge in [0, 0.05) is 0 Å². The monoisotopic (exact) mass is 333 g/mol. The van der Waals surface area contributed by atoms with Crippen molar-refractivity contribution in [3.05, 3.63) is 35.9 Å². The molecule has 1 aromatic rings. The molecule has 2 aliphatic heterocycles. The molecule has 2 fully saturated rings. The van der Waals surface area contributed by atoms with Crippen molar-refractivity contribution in [2.75, 3.05) is 0 Å². The van der Waals surface area contributed by atoms with Gasteiger partial charge >= 0.3 is 6.09 Å². The Bertz CT molecular complexity index is 603. The van der Waals surface area contributed by atoms with Crippen molar-refractivity contribution in [3.63, 3.8) is 0 Å². The third-order valence-electron chi connectivity index (χ3n) is 4.32. The molecule has 6 heteroatoms. The molecule has 1 aromatic carbocycles. The summed E-state index contributed by atoms with van der Waals surface area (Å²) in [5.41, 5.74) is 3.37. The highest BCUT2D eigenvalue weighted by Gasteiger charge is 2.62. The van der Waals surface area contributed by atoms with Crippen molar-refractivity contribution in [1.82, 2.24) is 15.8 Å². The molecule has 2 aliphatic rings. The van der Waals surface area contributed by atoms with Gasteiger partial charge in [-0.1, -0.05) is 58.0 Å². The summed E-state index contributed by atoms with van der Waals surface area (Å²) in [6.45, 7) is 10.1. The van der Waals surface area contributed by atoms with Gasteiger partial charge in [-0.25, -0.2) is 10.2 Å². The lowest BCUT2D eigenvalue weighted by Crippen LogP contribution is -2.57. The first-order valence-electron chi connectivity index (χ1n) is 8.41. The van der Waals surface area contributed by atoms with Gasteiger partial charge in [0.15, 0.2) is 0 Å². The minimum Gasteiger partial charge on any atom is -0.445 e. The van der Waals surface area contributed by atoms with E-state index in [0.717, 1.165) is 12.0 Å². The largest absolute Gasteiger partial charge is 0.445 e. The number of ether oxygens (including phenoxy) is 1. The highest BCUT2D eigenvalue weighted by atomic mass is 16.5. The zero-order chi connectivity index (χ0) is 18.0. The van der Waals surface area contributed by atoms with Gasteiger partial charge in [0.1, 0.15) is 18.3 Å². The van der Waals surface area contributed by atoms with Crippen LogP contribution in [0.2, 0.25) is 0 Å². The van der Waals surface area contributed by atoms with Crippen LogP contribution >= 0.6 is 0 Å². The Labute approximate surface area is 143 Å². The first-order chi connectivity index (χ1) is 11.3. The molecule has 0 aromatic heterocycles. The molecule has 2 heterocycles. The van der Waals surface area contributed by atoms with Crippen LogP contribution in [-0.2, 0) is 16.1 Å². The lowest BCUT2D eigenvalue weighted by molar-refractivity contribution is -0.135. The molecule has 2 N–H and O–H groups in total. The van der Waals surface area contributed by atoms with E-state index >= 15 is 0 Å². The summed E-state index contributed by atoms with van der Waals surface area (Å²) < 4.78 is 5.21. The second kappa shape index (κ2) is 6.81. The Balaban J connectivity index is 0.00000100. The molecule has 2 saturated heterocycles. The summed E-state index contributed by atoms with van der Waals surface area (Å²) in [4.78, 5) is 24.4. The average molecular weight is 333 g/mol. The molecular formula is C18H27N3O3. The van der Waals surface area contributed by atoms with Crippen molar-refractivity contribution in [3.8, 4) is 0 Å². The number of piperidine rings is 1. The molecule has 2 atom stereocenters. The highest BCUT2D eigenvalue weighted by molar-refractivity contribution is 5.89. The summed E-state index contributed by atoms with van der Waals surface area (Å²) >= 11 is 0. The van der Waals surface area contributed by atoms with Crippen molar-refractivity contribution >= 4 is 12.0 Å². The summed E-state index contributed by atoms with van der Waals surface area (Å²) in [6.07, 6.45) is 0.204. The fourth-order valence-corrected chi connectivity index (χ4v) is 3.23. The number of alkyl carbamates (subject to hydrolysis) is 1. The van der Waals surface area contributed by atoms with Crippen molar-refractivity contribution in [2.45, 2.75) is 59.4 Å². The number of nitrogens with one attached hydrogen (secondary N) is 2. The van der Waals surface area contributed by atoms with Crippen LogP contribution in [0.3, 0.4) is 0 Å². The number of hydrogen-bond donors (Lipinski definition) is 2. The molecule has 2 unspecified atom stereocenters. The molecule has 2 amide bonds. The summed E-state index contributed by atoms with van der Waals surface area (Å²) in [5, 5.41) is 4.29. The number of nitrogens with zero attached hydrogens (tertiary/aromatic N) is 1. The summed E-state index contributed by atoms with van der Waals surface area (Å²) in [6, 6.07) is 8.86. The van der Waals surface area contributed by atoms with Crippen LogP contribution in [-0.4, -0.2) is 28.7 Å². The Kier molecular flexibility index (Phi) is 5.18. The number of hydrogen-bond acceptors (Lipinski definition) is 4. The van der Waals surface area contributed by atoms with E-state index < -0.39 is 12.1 Å². The van der Waals surface area contributed by atoms with Gasteiger partial charge in [0.05, 0.1) is 0 Å². The average Bonchev–Trinajstić information content (AvgIpc) is 3.23. The molecule has 0 radical (unpaired) electrons. The van der Waals surface area contributed by atoms with E-state index in [9.17, 15) is 9.59 Å². The van der Waals surface area contributed by atoms with Gasteiger partial charge in [-0.15, -0.1) is 0 Å². The van der Waals surface area contributed by atoms with Crippen LogP contribution in [0.5, 0.6) is 0 Å². The Morgan fingerprint density at radius 2 is 1.92 bits per heavy atom. The minimum atomic E-state index is -0.584. The Morgan fingerprint density at radius 3 is 2.54 bits per heavy atom. The van der Waals surface area contributed by atoms with Gasteiger partial charge in [-0.05, 0) is 24.3 Å². The standard InChI is InChI=1S/C16H21N3O3.C2H6/c1-15(2)10-16(3)18-19(16)13(20)12(15)17-14(21)22-9-11-7-5-4-6-8-11;1-2/h4-8,12,18H,9-10H2,1-3H3,(H,17,21);1-2H3. The molecule has 0 aliphatic carbocycles. The van der Waals surface area contributed by atoms with Crippen LogP contribution < -0.4 is 10.7 Å². The lowest BCUT2D eigenvalue weighted by atomic mass is 9.75. The van der Waals surface area contributed by atoms with E-state index in [-0.39, 0.29) is 23.6 Å². The Hall–Kier alpha value is -2.08. The first kappa shape index (κ1) is 18.3. The zero-order valence-corrected chi connectivity index (χ0v) is 15.1. The fourth-order valence-electron chi connectivity index (χ4n) is 3.23. The van der Waals surface area contributed by atoms with Crippen LogP contribution in [0.15, 0.2) is 30.3 Å². The van der Waals surface area contributed by atoms with Gasteiger partial charge in [-0.2, -0.15) is 0 Å². The molecule has 132 valence electrons. The van der Waals surface area contributed by atoms with Crippen LogP contribution in [0.25, 0.3) is 0 Å². The highest BCUT2D eigenvalue weighted by Crippen LogP contribution is 2.45. The lowest BCUT2D eigenvalue weighted by Gasteiger charge is -2.38. The van der Waals surface area contributed by atoms with Crippen molar-refractivity contribution in [1.29, 1.82) is 0 Å². The third kappa shape index (κ3) is 3.70. The SMILES string of the molecule is CC.CC1(C)CC2(C)NN2C(=O)C1NC(=O)OCc1ccccc1. The molecule has 24 heavy (non-hydrogen) atoms. The number of benzene rings is 1. The van der Waals surface area contributed by atoms with Gasteiger partial charge in [0.25, 0.3) is 5.91 Å². The molecule has 3 rings (SSSR count). The molecule has 0 bridgehead atoms. The molecule has 0 saturated carbocycles. The van der Waals surface area contributed by atoms with Gasteiger partial charge in [0.2, 0.25) is 0 Å². The van der Waals surface area contributed by atoms with Crippen LogP contribution in [0.4, 0.5) is 4.79 Å². The zero-order valence-electron chi connectivity index (χ0n) is 15.1. The quantitative estimate of drug-likeness (QED) is 0.834. The summed E-state index contributed by atoms with van der Waals surface area (Å²) in [5.74, 6) is -0.115. The van der Waals surface area contributed by atoms with E-state index in [1.807, 2.05) is 65.0 Å². The minimum absolute atomic E-state index is 0.115. The van der Waals surface area contributed by atoms with E-state index in [2.05, 4.69) is 10.7 Å². The first-order valence-corrected chi connectivity index (χ1v) is 8.41. The van der Waals surface area contributed by atoms with E-state index in [4.69, 9.17) is 4.74 Å². The number of fused-ring (bicyclic) bond motifs is 1. The van der Waals surface area contributed by atoms with Crippen molar-refractivity contribution in [2.24, 2.45) is 5.41 Å². The van der Waals surface area contributed by atoms with Gasteiger partial charge in [-0.3, -0.25) is 9.80 Å². The van der Waals surface area contributed by atoms with E-state index in [1.54, 1.807) is 5.01 Å². The Morgan fingerprint density at radius 1 is 1.29 bits per heavy atom. The second-order valence-corrected chi connectivity index (χ2v) is 6.86. The van der Waals surface area contributed by atoms with Gasteiger partial charge < -0.3 is 10.1 Å². The normalized spacial score (nSPS) is 26.6. The second-order valence-electron chi connectivity index (χ2n) is 6.86. The van der Waals surface area contributed by atoms with E-state index in [1.165, 1.54) is 0 Å². The third-order valence-corrected chi connectivity index (χ3v) is 4.32. The number of carbonyl (C=O) groups is 2. The molecule has 0 spiro atoms. The molecular weight excluding hydrogens is 306 g/mol. The topological polar surface area (TPSA) is 80.4 Å². The predicted molar refractivity (Wildman–Crippen MR) is 91.7 cm³/mol. The smallest absolute Gasteiger partial charge is 0.408 e. The number of rotatable bonds is 3. The maximum atomic E-state index is 12.4. The maximum Gasteiger partial charge on any atom is 0.408 e. The van der Waals surface area contributed by atoms with Crippen LogP contribution in [0, 0.1) is 5.41 Å². The number of hydrazine groups is 1. The number of carbonyl (C=O) groups excluding carboxylic acids is 2.